The van der Waals surface area contributed by atoms with Crippen LogP contribution < -0.4 is 0 Å². The van der Waals surface area contributed by atoms with Crippen LogP contribution in [-0.2, 0) is 0 Å². The van der Waals surface area contributed by atoms with Crippen LogP contribution in [0.4, 0.5) is 0 Å². The smallest absolute Gasteiger partial charge is 0.0381 e. The predicted molar refractivity (Wildman–Crippen MR) is 73.5 cm³/mol. The molecule has 1 aliphatic rings. The fraction of sp³-hybridized carbons (Fsp3) is 1.00. The van der Waals surface area contributed by atoms with E-state index in [4.69, 9.17) is 0 Å². The normalized spacial score (nSPS) is 27.0. The standard InChI is InChI=1S/C16H32/c1-12(2)10-16(11-13(3)4)15-8-6-14(5)7-9-15/h12-16H,6-11H2,1-5H3. The molecule has 96 valence electrons. The second kappa shape index (κ2) is 6.67. The zero-order chi connectivity index (χ0) is 12.1. The van der Waals surface area contributed by atoms with Gasteiger partial charge in [0, 0.05) is 0 Å². The molecule has 0 unspecified atom stereocenters. The Bertz CT molecular complexity index is 162. The fourth-order valence-electron chi connectivity index (χ4n) is 3.45. The zero-order valence-corrected chi connectivity index (χ0v) is 12.1. The SMILES string of the molecule is CC(C)CC(CC(C)C)C1CCC(C)CC1. The molecule has 0 radical (unpaired) electrons. The van der Waals surface area contributed by atoms with Crippen molar-refractivity contribution in [3.63, 3.8) is 0 Å². The first-order chi connectivity index (χ1) is 7.49. The molecule has 0 heterocycles. The summed E-state index contributed by atoms with van der Waals surface area (Å²) < 4.78 is 0. The van der Waals surface area contributed by atoms with Gasteiger partial charge in [-0.1, -0.05) is 47.5 Å². The highest BCUT2D eigenvalue weighted by atomic mass is 14.3. The Balaban J connectivity index is 2.47. The molecule has 0 nitrogen and oxygen atoms in total. The molecule has 1 rings (SSSR count). The first-order valence-electron chi connectivity index (χ1n) is 7.49. The predicted octanol–water partition coefficient (Wildman–Crippen LogP) is 5.52. The highest BCUT2D eigenvalue weighted by Crippen LogP contribution is 2.38. The van der Waals surface area contributed by atoms with Crippen molar-refractivity contribution >= 4 is 0 Å². The number of rotatable bonds is 5. The van der Waals surface area contributed by atoms with Crippen LogP contribution in [0.1, 0.15) is 73.1 Å². The summed E-state index contributed by atoms with van der Waals surface area (Å²) in [6, 6.07) is 0. The molecule has 0 atom stereocenters. The second-order valence-electron chi connectivity index (χ2n) is 7.04. The van der Waals surface area contributed by atoms with Crippen molar-refractivity contribution in [3.8, 4) is 0 Å². The van der Waals surface area contributed by atoms with Crippen LogP contribution in [-0.4, -0.2) is 0 Å². The molecule has 0 spiro atoms. The molecule has 16 heavy (non-hydrogen) atoms. The van der Waals surface area contributed by atoms with E-state index in [1.54, 1.807) is 0 Å². The van der Waals surface area contributed by atoms with E-state index in [0.717, 1.165) is 29.6 Å². The molecular formula is C16H32. The molecule has 0 aromatic carbocycles. The minimum Gasteiger partial charge on any atom is -0.0628 e. The summed E-state index contributed by atoms with van der Waals surface area (Å²) in [7, 11) is 0. The third kappa shape index (κ3) is 4.89. The van der Waals surface area contributed by atoms with Gasteiger partial charge in [-0.25, -0.2) is 0 Å². The summed E-state index contributed by atoms with van der Waals surface area (Å²) in [5, 5.41) is 0. The van der Waals surface area contributed by atoms with Gasteiger partial charge in [-0.15, -0.1) is 0 Å². The first-order valence-corrected chi connectivity index (χ1v) is 7.49. The Morgan fingerprint density at radius 2 is 1.25 bits per heavy atom. The largest absolute Gasteiger partial charge is 0.0628 e. The average Bonchev–Trinajstić information content (AvgIpc) is 2.16. The van der Waals surface area contributed by atoms with E-state index in [-0.39, 0.29) is 0 Å². The fourth-order valence-corrected chi connectivity index (χ4v) is 3.45. The van der Waals surface area contributed by atoms with E-state index in [2.05, 4.69) is 34.6 Å². The first kappa shape index (κ1) is 14.1. The van der Waals surface area contributed by atoms with Crippen LogP contribution in [0.15, 0.2) is 0 Å². The lowest BCUT2D eigenvalue weighted by Crippen LogP contribution is -2.23. The molecule has 0 bridgehead atoms. The second-order valence-corrected chi connectivity index (χ2v) is 7.04. The van der Waals surface area contributed by atoms with Gasteiger partial charge in [-0.3, -0.25) is 0 Å². The molecule has 0 amide bonds. The van der Waals surface area contributed by atoms with Gasteiger partial charge >= 0.3 is 0 Å². The van der Waals surface area contributed by atoms with Crippen LogP contribution in [0.25, 0.3) is 0 Å². The Hall–Kier alpha value is 0. The molecule has 0 N–H and O–H groups in total. The van der Waals surface area contributed by atoms with E-state index in [9.17, 15) is 0 Å². The van der Waals surface area contributed by atoms with Crippen molar-refractivity contribution < 1.29 is 0 Å². The zero-order valence-electron chi connectivity index (χ0n) is 12.1. The number of hydrogen-bond donors (Lipinski definition) is 0. The van der Waals surface area contributed by atoms with Crippen molar-refractivity contribution in [3.05, 3.63) is 0 Å². The maximum absolute atomic E-state index is 2.43. The monoisotopic (exact) mass is 224 g/mol. The van der Waals surface area contributed by atoms with Crippen molar-refractivity contribution in [1.82, 2.24) is 0 Å². The quantitative estimate of drug-likeness (QED) is 0.576. The Kier molecular flexibility index (Phi) is 5.86. The molecule has 1 saturated carbocycles. The molecule has 0 heteroatoms. The highest BCUT2D eigenvalue weighted by molar-refractivity contribution is 4.78. The van der Waals surface area contributed by atoms with Gasteiger partial charge in [-0.2, -0.15) is 0 Å². The van der Waals surface area contributed by atoms with Crippen molar-refractivity contribution in [1.29, 1.82) is 0 Å². The Morgan fingerprint density at radius 1 is 0.812 bits per heavy atom. The molecule has 0 aromatic heterocycles. The van der Waals surface area contributed by atoms with Gasteiger partial charge in [-0.05, 0) is 55.3 Å². The van der Waals surface area contributed by atoms with Gasteiger partial charge in [0.05, 0.1) is 0 Å². The summed E-state index contributed by atoms with van der Waals surface area (Å²) in [5.74, 6) is 4.80. The van der Waals surface area contributed by atoms with Crippen molar-refractivity contribution in [2.24, 2.45) is 29.6 Å². The van der Waals surface area contributed by atoms with Crippen LogP contribution in [0.2, 0.25) is 0 Å². The lowest BCUT2D eigenvalue weighted by molar-refractivity contribution is 0.168. The molecule has 0 saturated heterocycles. The van der Waals surface area contributed by atoms with Crippen molar-refractivity contribution in [2.45, 2.75) is 73.1 Å². The molecule has 0 aliphatic heterocycles. The minimum atomic E-state index is 0.878. The number of hydrogen-bond acceptors (Lipinski definition) is 0. The van der Waals surface area contributed by atoms with Crippen LogP contribution in [0.5, 0.6) is 0 Å². The highest BCUT2D eigenvalue weighted by Gasteiger charge is 2.26. The molecule has 1 aliphatic carbocycles. The van der Waals surface area contributed by atoms with E-state index in [1.165, 1.54) is 38.5 Å². The summed E-state index contributed by atoms with van der Waals surface area (Å²) in [5.41, 5.74) is 0. The van der Waals surface area contributed by atoms with Gasteiger partial charge < -0.3 is 0 Å². The average molecular weight is 224 g/mol. The van der Waals surface area contributed by atoms with E-state index in [1.807, 2.05) is 0 Å². The van der Waals surface area contributed by atoms with Crippen LogP contribution >= 0.6 is 0 Å². The molecule has 1 fully saturated rings. The van der Waals surface area contributed by atoms with Gasteiger partial charge in [0.1, 0.15) is 0 Å². The van der Waals surface area contributed by atoms with E-state index < -0.39 is 0 Å². The maximum Gasteiger partial charge on any atom is -0.0381 e. The third-order valence-corrected chi connectivity index (χ3v) is 4.28. The summed E-state index contributed by atoms with van der Waals surface area (Å²) in [6.07, 6.45) is 8.89. The Morgan fingerprint density at radius 3 is 1.62 bits per heavy atom. The van der Waals surface area contributed by atoms with E-state index >= 15 is 0 Å². The van der Waals surface area contributed by atoms with E-state index in [0.29, 0.717) is 0 Å². The van der Waals surface area contributed by atoms with Crippen LogP contribution in [0, 0.1) is 29.6 Å². The van der Waals surface area contributed by atoms with Crippen molar-refractivity contribution in [2.75, 3.05) is 0 Å². The lowest BCUT2D eigenvalue weighted by Gasteiger charge is -2.34. The Labute approximate surface area is 103 Å². The lowest BCUT2D eigenvalue weighted by atomic mass is 9.71. The van der Waals surface area contributed by atoms with Gasteiger partial charge in [0.25, 0.3) is 0 Å². The maximum atomic E-state index is 2.43. The van der Waals surface area contributed by atoms with Crippen LogP contribution in [0.3, 0.4) is 0 Å². The van der Waals surface area contributed by atoms with Gasteiger partial charge in [0.15, 0.2) is 0 Å². The third-order valence-electron chi connectivity index (χ3n) is 4.28. The van der Waals surface area contributed by atoms with Gasteiger partial charge in [0.2, 0.25) is 0 Å². The summed E-state index contributed by atoms with van der Waals surface area (Å²) >= 11 is 0. The topological polar surface area (TPSA) is 0 Å². The minimum absolute atomic E-state index is 0.878. The molecule has 0 aromatic rings. The molecular weight excluding hydrogens is 192 g/mol. The summed E-state index contributed by atoms with van der Waals surface area (Å²) in [4.78, 5) is 0. The summed E-state index contributed by atoms with van der Waals surface area (Å²) in [6.45, 7) is 12.0.